The Kier molecular flexibility index (Phi) is 3.38. The lowest BCUT2D eigenvalue weighted by Crippen LogP contribution is -1.96. The molecule has 4 aromatic rings. The van der Waals surface area contributed by atoms with E-state index in [2.05, 4.69) is 23.2 Å². The number of ether oxygens (including phenoxy) is 2. The predicted molar refractivity (Wildman–Crippen MR) is 100 cm³/mol. The van der Waals surface area contributed by atoms with Crippen LogP contribution in [0.25, 0.3) is 33.3 Å². The number of hydrogen-bond donors (Lipinski definition) is 0. The third kappa shape index (κ3) is 2.32. The molecule has 1 aliphatic heterocycles. The van der Waals surface area contributed by atoms with E-state index in [0.29, 0.717) is 6.61 Å². The summed E-state index contributed by atoms with van der Waals surface area (Å²) in [5.41, 5.74) is 4.98. The molecule has 0 N–H and O–H groups in total. The standard InChI is InChI=1S/C21H17N3O2/c1-25-17-6-2-4-16(13-17)20-19(21-24(23-20)10-11-26-21)15-7-8-18-14(12-15)5-3-9-22-18/h2-9,12-13H,10-11H2,1H3. The molecule has 0 radical (unpaired) electrons. The van der Waals surface area contributed by atoms with Crippen LogP contribution in [0, 0.1) is 0 Å². The predicted octanol–water partition coefficient (Wildman–Crippen LogP) is 4.17. The molecular formula is C21H17N3O2. The van der Waals surface area contributed by atoms with Crippen molar-refractivity contribution in [3.63, 3.8) is 0 Å². The molecule has 0 atom stereocenters. The van der Waals surface area contributed by atoms with E-state index in [1.54, 1.807) is 7.11 Å². The second-order valence-electron chi connectivity index (χ2n) is 6.24. The van der Waals surface area contributed by atoms with Gasteiger partial charge in [0.25, 0.3) is 0 Å². The molecule has 1 aliphatic rings. The van der Waals surface area contributed by atoms with E-state index in [-0.39, 0.29) is 0 Å². The minimum absolute atomic E-state index is 0.656. The SMILES string of the molecule is COc1cccc(-c2nn3c(c2-c2ccc4ncccc4c2)OCC3)c1. The molecule has 0 spiro atoms. The maximum absolute atomic E-state index is 5.91. The largest absolute Gasteiger partial charge is 0.497 e. The summed E-state index contributed by atoms with van der Waals surface area (Å²) in [4.78, 5) is 4.41. The Morgan fingerprint density at radius 3 is 2.92 bits per heavy atom. The van der Waals surface area contributed by atoms with Gasteiger partial charge in [-0.15, -0.1) is 0 Å². The fraction of sp³-hybridized carbons (Fsp3) is 0.143. The summed E-state index contributed by atoms with van der Waals surface area (Å²) >= 11 is 0. The van der Waals surface area contributed by atoms with Crippen molar-refractivity contribution in [1.82, 2.24) is 14.8 Å². The molecule has 3 heterocycles. The minimum Gasteiger partial charge on any atom is -0.497 e. The third-order valence-corrected chi connectivity index (χ3v) is 4.68. The molecule has 128 valence electrons. The second-order valence-corrected chi connectivity index (χ2v) is 6.24. The van der Waals surface area contributed by atoms with Crippen LogP contribution >= 0.6 is 0 Å². The van der Waals surface area contributed by atoms with Crippen LogP contribution in [-0.4, -0.2) is 28.5 Å². The van der Waals surface area contributed by atoms with Crippen molar-refractivity contribution in [1.29, 1.82) is 0 Å². The van der Waals surface area contributed by atoms with Crippen molar-refractivity contribution in [3.8, 4) is 34.0 Å². The fourth-order valence-electron chi connectivity index (χ4n) is 3.44. The topological polar surface area (TPSA) is 49.2 Å². The average Bonchev–Trinajstić information content (AvgIpc) is 3.29. The molecule has 5 nitrogen and oxygen atoms in total. The second kappa shape index (κ2) is 5.88. The number of nitrogens with zero attached hydrogens (tertiary/aromatic N) is 3. The van der Waals surface area contributed by atoms with Gasteiger partial charge in [-0.1, -0.05) is 24.3 Å². The first-order chi connectivity index (χ1) is 12.8. The molecule has 0 aliphatic carbocycles. The number of aromatic nitrogens is 3. The summed E-state index contributed by atoms with van der Waals surface area (Å²) in [5.74, 6) is 1.64. The van der Waals surface area contributed by atoms with Crippen LogP contribution in [0.2, 0.25) is 0 Å². The van der Waals surface area contributed by atoms with Gasteiger partial charge in [0.1, 0.15) is 18.1 Å². The van der Waals surface area contributed by atoms with E-state index in [1.807, 2.05) is 47.3 Å². The van der Waals surface area contributed by atoms with Crippen LogP contribution in [0.15, 0.2) is 60.8 Å². The van der Waals surface area contributed by atoms with Gasteiger partial charge in [0.15, 0.2) is 0 Å². The average molecular weight is 343 g/mol. The maximum atomic E-state index is 5.91. The molecule has 5 heteroatoms. The Hall–Kier alpha value is -3.34. The van der Waals surface area contributed by atoms with Crippen molar-refractivity contribution in [2.75, 3.05) is 13.7 Å². The molecule has 0 fully saturated rings. The third-order valence-electron chi connectivity index (χ3n) is 4.68. The first-order valence-corrected chi connectivity index (χ1v) is 8.57. The van der Waals surface area contributed by atoms with Crippen molar-refractivity contribution >= 4 is 10.9 Å². The van der Waals surface area contributed by atoms with Gasteiger partial charge in [0.2, 0.25) is 5.88 Å². The van der Waals surface area contributed by atoms with Gasteiger partial charge in [0.05, 0.1) is 24.7 Å². The molecule has 5 rings (SSSR count). The van der Waals surface area contributed by atoms with Crippen molar-refractivity contribution in [2.24, 2.45) is 0 Å². The Labute approximate surface area is 150 Å². The van der Waals surface area contributed by atoms with E-state index in [9.17, 15) is 0 Å². The lowest BCUT2D eigenvalue weighted by molar-refractivity contribution is 0.358. The van der Waals surface area contributed by atoms with Crippen LogP contribution in [0.4, 0.5) is 0 Å². The highest BCUT2D eigenvalue weighted by Gasteiger charge is 2.25. The zero-order valence-corrected chi connectivity index (χ0v) is 14.3. The monoisotopic (exact) mass is 343 g/mol. The summed E-state index contributed by atoms with van der Waals surface area (Å²) in [5, 5.41) is 5.91. The Balaban J connectivity index is 1.74. The van der Waals surface area contributed by atoms with Crippen LogP contribution in [0.1, 0.15) is 0 Å². The highest BCUT2D eigenvalue weighted by Crippen LogP contribution is 2.42. The number of benzene rings is 2. The first-order valence-electron chi connectivity index (χ1n) is 8.57. The molecule has 26 heavy (non-hydrogen) atoms. The Morgan fingerprint density at radius 2 is 2.00 bits per heavy atom. The molecule has 0 saturated carbocycles. The molecule has 0 saturated heterocycles. The van der Waals surface area contributed by atoms with E-state index < -0.39 is 0 Å². The van der Waals surface area contributed by atoms with Crippen molar-refractivity contribution < 1.29 is 9.47 Å². The first kappa shape index (κ1) is 15.0. The fourth-order valence-corrected chi connectivity index (χ4v) is 3.44. The van der Waals surface area contributed by atoms with Gasteiger partial charge in [-0.3, -0.25) is 4.98 Å². The quantitative estimate of drug-likeness (QED) is 0.560. The smallest absolute Gasteiger partial charge is 0.220 e. The number of hydrogen-bond acceptors (Lipinski definition) is 4. The summed E-state index contributed by atoms with van der Waals surface area (Å²) in [7, 11) is 1.67. The molecule has 2 aromatic carbocycles. The van der Waals surface area contributed by atoms with E-state index in [4.69, 9.17) is 14.6 Å². The van der Waals surface area contributed by atoms with Crippen LogP contribution < -0.4 is 9.47 Å². The summed E-state index contributed by atoms with van der Waals surface area (Å²) in [6, 6.07) is 18.3. The van der Waals surface area contributed by atoms with Gasteiger partial charge in [-0.2, -0.15) is 5.10 Å². The summed E-state index contributed by atoms with van der Waals surface area (Å²) in [6.07, 6.45) is 1.81. The minimum atomic E-state index is 0.656. The van der Waals surface area contributed by atoms with Gasteiger partial charge in [0, 0.05) is 17.1 Å². The number of methoxy groups -OCH3 is 1. The van der Waals surface area contributed by atoms with Crippen molar-refractivity contribution in [3.05, 3.63) is 60.8 Å². The lowest BCUT2D eigenvalue weighted by Gasteiger charge is -2.08. The summed E-state index contributed by atoms with van der Waals surface area (Å²) < 4.78 is 13.2. The lowest BCUT2D eigenvalue weighted by atomic mass is 9.99. The Morgan fingerprint density at radius 1 is 1.04 bits per heavy atom. The maximum Gasteiger partial charge on any atom is 0.220 e. The molecule has 2 aromatic heterocycles. The highest BCUT2D eigenvalue weighted by atomic mass is 16.5. The zero-order chi connectivity index (χ0) is 17.5. The molecular weight excluding hydrogens is 326 g/mol. The highest BCUT2D eigenvalue weighted by molar-refractivity contribution is 5.91. The molecule has 0 unspecified atom stereocenters. The van der Waals surface area contributed by atoms with Crippen LogP contribution in [-0.2, 0) is 6.54 Å². The normalized spacial score (nSPS) is 12.8. The Bertz CT molecular complexity index is 1120. The van der Waals surface area contributed by atoms with Gasteiger partial charge in [-0.25, -0.2) is 4.68 Å². The van der Waals surface area contributed by atoms with Crippen molar-refractivity contribution in [2.45, 2.75) is 6.54 Å². The van der Waals surface area contributed by atoms with E-state index in [0.717, 1.165) is 51.5 Å². The van der Waals surface area contributed by atoms with Gasteiger partial charge in [-0.05, 0) is 35.9 Å². The van der Waals surface area contributed by atoms with Gasteiger partial charge < -0.3 is 9.47 Å². The summed E-state index contributed by atoms with van der Waals surface area (Å²) in [6.45, 7) is 1.42. The van der Waals surface area contributed by atoms with Gasteiger partial charge >= 0.3 is 0 Å². The zero-order valence-electron chi connectivity index (χ0n) is 14.3. The molecule has 0 amide bonds. The van der Waals surface area contributed by atoms with Crippen LogP contribution in [0.3, 0.4) is 0 Å². The van der Waals surface area contributed by atoms with Crippen LogP contribution in [0.5, 0.6) is 11.6 Å². The van der Waals surface area contributed by atoms with E-state index >= 15 is 0 Å². The molecule has 0 bridgehead atoms. The number of rotatable bonds is 3. The number of fused-ring (bicyclic) bond motifs is 2. The number of pyridine rings is 1. The van der Waals surface area contributed by atoms with E-state index in [1.165, 1.54) is 0 Å².